The second-order valence-electron chi connectivity index (χ2n) is 4.24. The third-order valence-electron chi connectivity index (χ3n) is 2.40. The minimum Gasteiger partial charge on any atom is -0.323 e. The van der Waals surface area contributed by atoms with Gasteiger partial charge in [-0.05, 0) is 30.5 Å². The van der Waals surface area contributed by atoms with Crippen molar-refractivity contribution in [2.24, 2.45) is 11.7 Å². The molecule has 3 nitrogen and oxygen atoms in total. The minimum absolute atomic E-state index is 0. The smallest absolute Gasteiger partial charge is 0.241 e. The molecule has 1 rings (SSSR count). The van der Waals surface area contributed by atoms with Crippen LogP contribution in [-0.4, -0.2) is 11.9 Å². The molecule has 0 saturated carbocycles. The van der Waals surface area contributed by atoms with Gasteiger partial charge in [0.1, 0.15) is 0 Å². The van der Waals surface area contributed by atoms with Crippen molar-refractivity contribution in [3.63, 3.8) is 0 Å². The van der Waals surface area contributed by atoms with Crippen LogP contribution >= 0.6 is 24.0 Å². The first-order chi connectivity index (χ1) is 7.41. The molecule has 1 atom stereocenters. The molecule has 1 amide bonds. The fourth-order valence-corrected chi connectivity index (χ4v) is 1.52. The molecule has 5 heteroatoms. The van der Waals surface area contributed by atoms with Gasteiger partial charge in [0.15, 0.2) is 0 Å². The van der Waals surface area contributed by atoms with E-state index in [0.29, 0.717) is 10.7 Å². The first kappa shape index (κ1) is 16.2. The molecule has 0 fully saturated rings. The van der Waals surface area contributed by atoms with Crippen LogP contribution in [0.15, 0.2) is 18.2 Å². The summed E-state index contributed by atoms with van der Waals surface area (Å²) in [7, 11) is 0. The van der Waals surface area contributed by atoms with Crippen molar-refractivity contribution in [1.29, 1.82) is 0 Å². The van der Waals surface area contributed by atoms with Gasteiger partial charge < -0.3 is 11.1 Å². The number of nitrogens with one attached hydrogen (secondary N) is 1. The van der Waals surface area contributed by atoms with E-state index in [4.69, 9.17) is 17.3 Å². The summed E-state index contributed by atoms with van der Waals surface area (Å²) in [6, 6.07) is 4.96. The van der Waals surface area contributed by atoms with E-state index in [2.05, 4.69) is 5.32 Å². The van der Waals surface area contributed by atoms with Gasteiger partial charge >= 0.3 is 0 Å². The molecule has 96 valence electrons. The van der Waals surface area contributed by atoms with Crippen LogP contribution in [0.2, 0.25) is 5.02 Å². The molecule has 0 radical (unpaired) electrons. The molecule has 0 aromatic heterocycles. The molecule has 0 spiro atoms. The Morgan fingerprint density at radius 1 is 1.41 bits per heavy atom. The molecule has 0 aliphatic heterocycles. The highest BCUT2D eigenvalue weighted by atomic mass is 35.5. The predicted octanol–water partition coefficient (Wildman–Crippen LogP) is 2.99. The first-order valence-electron chi connectivity index (χ1n) is 5.24. The van der Waals surface area contributed by atoms with Gasteiger partial charge in [-0.1, -0.05) is 31.5 Å². The summed E-state index contributed by atoms with van der Waals surface area (Å²) < 4.78 is 0. The van der Waals surface area contributed by atoms with E-state index in [1.807, 2.05) is 26.8 Å². The number of aryl methyl sites for hydroxylation is 1. The summed E-state index contributed by atoms with van der Waals surface area (Å²) in [5.74, 6) is -0.107. The Bertz CT molecular complexity index is 394. The van der Waals surface area contributed by atoms with Crippen molar-refractivity contribution in [2.45, 2.75) is 26.8 Å². The van der Waals surface area contributed by atoms with Crippen molar-refractivity contribution < 1.29 is 4.79 Å². The van der Waals surface area contributed by atoms with Crippen molar-refractivity contribution in [2.75, 3.05) is 5.32 Å². The topological polar surface area (TPSA) is 55.1 Å². The summed E-state index contributed by atoms with van der Waals surface area (Å²) in [5, 5.41) is 3.25. The van der Waals surface area contributed by atoms with E-state index in [0.717, 1.165) is 5.56 Å². The fourth-order valence-electron chi connectivity index (χ4n) is 1.24. The van der Waals surface area contributed by atoms with Crippen molar-refractivity contribution in [3.8, 4) is 0 Å². The molecule has 0 aliphatic rings. The van der Waals surface area contributed by atoms with Crippen molar-refractivity contribution >= 4 is 35.6 Å². The van der Waals surface area contributed by atoms with Gasteiger partial charge in [0.25, 0.3) is 0 Å². The van der Waals surface area contributed by atoms with E-state index in [9.17, 15) is 4.79 Å². The number of amides is 1. The molecule has 0 heterocycles. The van der Waals surface area contributed by atoms with Crippen LogP contribution in [0.25, 0.3) is 0 Å². The van der Waals surface area contributed by atoms with Gasteiger partial charge in [0, 0.05) is 0 Å². The first-order valence-corrected chi connectivity index (χ1v) is 5.62. The average Bonchev–Trinajstić information content (AvgIpc) is 2.20. The van der Waals surface area contributed by atoms with Gasteiger partial charge in [-0.3, -0.25) is 4.79 Å². The number of anilines is 1. The molecule has 0 saturated heterocycles. The molecular formula is C12H18Cl2N2O. The highest BCUT2D eigenvalue weighted by molar-refractivity contribution is 6.33. The number of nitrogens with two attached hydrogens (primary N) is 1. The van der Waals surface area contributed by atoms with Crippen molar-refractivity contribution in [1.82, 2.24) is 0 Å². The molecule has 17 heavy (non-hydrogen) atoms. The summed E-state index contributed by atoms with van der Waals surface area (Å²) in [4.78, 5) is 11.7. The Kier molecular flexibility index (Phi) is 6.53. The third kappa shape index (κ3) is 4.54. The Labute approximate surface area is 113 Å². The maximum atomic E-state index is 11.7. The number of halogens is 2. The Morgan fingerprint density at radius 2 is 2.00 bits per heavy atom. The number of hydrogen-bond donors (Lipinski definition) is 2. The Morgan fingerprint density at radius 3 is 2.47 bits per heavy atom. The van der Waals surface area contributed by atoms with Crippen LogP contribution in [0.1, 0.15) is 19.4 Å². The normalized spacial score (nSPS) is 11.9. The van der Waals surface area contributed by atoms with E-state index in [-0.39, 0.29) is 24.2 Å². The summed E-state index contributed by atoms with van der Waals surface area (Å²) in [6.07, 6.45) is 0. The van der Waals surface area contributed by atoms with Crippen LogP contribution < -0.4 is 11.1 Å². The summed E-state index contributed by atoms with van der Waals surface area (Å²) >= 11 is 6.00. The number of hydrogen-bond acceptors (Lipinski definition) is 2. The molecular weight excluding hydrogens is 259 g/mol. The highest BCUT2D eigenvalue weighted by Crippen LogP contribution is 2.22. The fraction of sp³-hybridized carbons (Fsp3) is 0.417. The molecule has 1 unspecified atom stereocenters. The number of carbonyl (C=O) groups is 1. The Balaban J connectivity index is 0.00000256. The van der Waals surface area contributed by atoms with Crippen LogP contribution in [0.3, 0.4) is 0 Å². The minimum atomic E-state index is -0.516. The lowest BCUT2D eigenvalue weighted by atomic mass is 10.0. The zero-order valence-electron chi connectivity index (χ0n) is 10.2. The highest BCUT2D eigenvalue weighted by Gasteiger charge is 2.17. The second kappa shape index (κ2) is 6.84. The number of carbonyl (C=O) groups excluding carboxylic acids is 1. The van der Waals surface area contributed by atoms with E-state index in [1.54, 1.807) is 12.1 Å². The molecule has 1 aromatic rings. The van der Waals surface area contributed by atoms with Gasteiger partial charge in [0.2, 0.25) is 5.91 Å². The van der Waals surface area contributed by atoms with Crippen LogP contribution in [0, 0.1) is 12.8 Å². The van der Waals surface area contributed by atoms with Crippen LogP contribution in [0.5, 0.6) is 0 Å². The monoisotopic (exact) mass is 276 g/mol. The SMILES string of the molecule is Cc1ccc(NC(=O)C(N)C(C)C)c(Cl)c1.Cl. The third-order valence-corrected chi connectivity index (χ3v) is 2.72. The molecule has 0 bridgehead atoms. The average molecular weight is 277 g/mol. The predicted molar refractivity (Wildman–Crippen MR) is 74.9 cm³/mol. The van der Waals surface area contributed by atoms with E-state index < -0.39 is 6.04 Å². The molecule has 1 aromatic carbocycles. The maximum absolute atomic E-state index is 11.7. The maximum Gasteiger partial charge on any atom is 0.241 e. The lowest BCUT2D eigenvalue weighted by molar-refractivity contribution is -0.118. The molecule has 3 N–H and O–H groups in total. The van der Waals surface area contributed by atoms with Gasteiger partial charge in [-0.15, -0.1) is 12.4 Å². The van der Waals surface area contributed by atoms with Crippen molar-refractivity contribution in [3.05, 3.63) is 28.8 Å². The summed E-state index contributed by atoms with van der Waals surface area (Å²) in [5.41, 5.74) is 7.39. The lowest BCUT2D eigenvalue weighted by Gasteiger charge is -2.16. The largest absolute Gasteiger partial charge is 0.323 e. The number of rotatable bonds is 3. The lowest BCUT2D eigenvalue weighted by Crippen LogP contribution is -2.39. The van der Waals surface area contributed by atoms with E-state index >= 15 is 0 Å². The van der Waals surface area contributed by atoms with Gasteiger partial charge in [-0.25, -0.2) is 0 Å². The quantitative estimate of drug-likeness (QED) is 0.892. The van der Waals surface area contributed by atoms with Gasteiger partial charge in [0.05, 0.1) is 16.8 Å². The molecule has 0 aliphatic carbocycles. The second-order valence-corrected chi connectivity index (χ2v) is 4.65. The zero-order valence-corrected chi connectivity index (χ0v) is 11.7. The van der Waals surface area contributed by atoms with Crippen LogP contribution in [0.4, 0.5) is 5.69 Å². The van der Waals surface area contributed by atoms with E-state index in [1.165, 1.54) is 0 Å². The number of benzene rings is 1. The van der Waals surface area contributed by atoms with Crippen LogP contribution in [-0.2, 0) is 4.79 Å². The standard InChI is InChI=1S/C12H17ClN2O.ClH/c1-7(2)11(14)12(16)15-10-5-4-8(3)6-9(10)13;/h4-7,11H,14H2,1-3H3,(H,15,16);1H. The summed E-state index contributed by atoms with van der Waals surface area (Å²) in [6.45, 7) is 5.75. The van der Waals surface area contributed by atoms with Gasteiger partial charge in [-0.2, -0.15) is 0 Å². The zero-order chi connectivity index (χ0) is 12.3. The Hall–Kier alpha value is -0.770.